The summed E-state index contributed by atoms with van der Waals surface area (Å²) in [7, 11) is 0. The molecule has 2 aliphatic heterocycles. The van der Waals surface area contributed by atoms with E-state index in [2.05, 4.69) is 27.7 Å². The highest BCUT2D eigenvalue weighted by molar-refractivity contribution is 5.99. The molecule has 2 heterocycles. The third-order valence-corrected chi connectivity index (χ3v) is 10.9. The first-order chi connectivity index (χ1) is 14.6. The van der Waals surface area contributed by atoms with Crippen LogP contribution < -0.4 is 0 Å². The molecule has 2 saturated heterocycles. The Balaban J connectivity index is 1.41. The summed E-state index contributed by atoms with van der Waals surface area (Å²) in [5.41, 5.74) is -1.72. The van der Waals surface area contributed by atoms with Gasteiger partial charge in [-0.05, 0) is 73.0 Å². The van der Waals surface area contributed by atoms with E-state index in [1.54, 1.807) is 0 Å². The van der Waals surface area contributed by atoms with E-state index in [1.165, 1.54) is 38.5 Å². The number of hydrogen-bond donors (Lipinski definition) is 1. The van der Waals surface area contributed by atoms with Gasteiger partial charge in [0.15, 0.2) is 5.78 Å². The molecular weight excluding hydrogens is 388 g/mol. The van der Waals surface area contributed by atoms with Crippen molar-refractivity contribution in [3.8, 4) is 0 Å². The summed E-state index contributed by atoms with van der Waals surface area (Å²) < 4.78 is 6.24. The Bertz CT molecular complexity index is 760. The number of rotatable bonds is 5. The maximum absolute atomic E-state index is 13.5. The van der Waals surface area contributed by atoms with E-state index >= 15 is 0 Å². The molecule has 0 amide bonds. The van der Waals surface area contributed by atoms with Crippen LogP contribution in [0.4, 0.5) is 0 Å². The lowest BCUT2D eigenvalue weighted by molar-refractivity contribution is -0.285. The molecule has 0 radical (unpaired) electrons. The van der Waals surface area contributed by atoms with E-state index in [0.717, 1.165) is 24.2 Å². The lowest BCUT2D eigenvalue weighted by Crippen LogP contribution is -2.77. The van der Waals surface area contributed by atoms with E-state index in [9.17, 15) is 14.7 Å². The Hall–Kier alpha value is -0.740. The van der Waals surface area contributed by atoms with Gasteiger partial charge in [-0.1, -0.05) is 47.0 Å². The van der Waals surface area contributed by atoms with Gasteiger partial charge in [0.1, 0.15) is 17.5 Å². The topological polar surface area (TPSA) is 63.6 Å². The Morgan fingerprint density at radius 2 is 1.84 bits per heavy atom. The summed E-state index contributed by atoms with van der Waals surface area (Å²) in [6.45, 7) is 10.1. The van der Waals surface area contributed by atoms with Crippen LogP contribution in [0.1, 0.15) is 91.9 Å². The van der Waals surface area contributed by atoms with Crippen molar-refractivity contribution >= 4 is 11.6 Å². The van der Waals surface area contributed by atoms with Crippen LogP contribution in [-0.2, 0) is 14.3 Å². The standard InChI is InChI=1S/C27H42O4/c1-16(2)6-5-7-17(3)19-8-9-20-22-21(11-12-25(19,20)4)26-13-10-18(28)14-27(26,30)24(29)23(22)31-15-26/h16-17,19-23,30H,5-15H2,1-4H3/t17-,19-,20+,21+,22+,23-,25-,26+,27+/m1/s1. The Morgan fingerprint density at radius 3 is 2.58 bits per heavy atom. The number of ketones is 2. The van der Waals surface area contributed by atoms with Gasteiger partial charge < -0.3 is 9.84 Å². The SMILES string of the molecule is CC(C)CCC[C@@H](C)[C@H]1CC[C@H]2[C@@H]3[C@H]4OC[C@@]5(CCC(=O)C[C@]5(O)C4=O)[C@H]3CC[C@]12C. The lowest BCUT2D eigenvalue weighted by atomic mass is 9.40. The van der Waals surface area contributed by atoms with Crippen LogP contribution in [0.25, 0.3) is 0 Å². The Kier molecular flexibility index (Phi) is 5.26. The minimum atomic E-state index is -1.47. The molecule has 4 aliphatic carbocycles. The van der Waals surface area contributed by atoms with Crippen LogP contribution in [0.5, 0.6) is 0 Å². The molecule has 0 aromatic heterocycles. The lowest BCUT2D eigenvalue weighted by Gasteiger charge is -2.68. The van der Waals surface area contributed by atoms with Gasteiger partial charge in [0, 0.05) is 18.3 Å². The van der Waals surface area contributed by atoms with Crippen LogP contribution >= 0.6 is 0 Å². The number of fused-ring (bicyclic) bond motifs is 2. The minimum Gasteiger partial charge on any atom is -0.381 e. The van der Waals surface area contributed by atoms with Crippen molar-refractivity contribution in [3.05, 3.63) is 0 Å². The third-order valence-electron chi connectivity index (χ3n) is 10.9. The zero-order chi connectivity index (χ0) is 22.2. The molecule has 1 N–H and O–H groups in total. The van der Waals surface area contributed by atoms with E-state index in [4.69, 9.17) is 4.74 Å². The molecule has 6 aliphatic rings. The van der Waals surface area contributed by atoms with Crippen LogP contribution in [0.15, 0.2) is 0 Å². The molecule has 4 nitrogen and oxygen atoms in total. The quantitative estimate of drug-likeness (QED) is 0.670. The fourth-order valence-electron chi connectivity index (χ4n) is 9.36. The van der Waals surface area contributed by atoms with Crippen molar-refractivity contribution < 1.29 is 19.4 Å². The molecule has 0 aromatic carbocycles. The van der Waals surface area contributed by atoms with Crippen LogP contribution in [0, 0.1) is 46.3 Å². The van der Waals surface area contributed by atoms with Crippen molar-refractivity contribution in [1.82, 2.24) is 0 Å². The Labute approximate surface area is 187 Å². The molecule has 1 spiro atoms. The highest BCUT2D eigenvalue weighted by atomic mass is 16.5. The highest BCUT2D eigenvalue weighted by Gasteiger charge is 2.75. The van der Waals surface area contributed by atoms with Crippen molar-refractivity contribution in [3.63, 3.8) is 0 Å². The molecule has 31 heavy (non-hydrogen) atoms. The second kappa shape index (κ2) is 7.38. The van der Waals surface area contributed by atoms with Gasteiger partial charge in [-0.3, -0.25) is 9.59 Å². The number of aliphatic hydroxyl groups is 1. The number of Topliss-reactive ketones (excluding diaryl/α,β-unsaturated/α-hetero) is 2. The molecule has 9 atom stereocenters. The summed E-state index contributed by atoms with van der Waals surface area (Å²) in [5, 5.41) is 11.6. The van der Waals surface area contributed by atoms with Gasteiger partial charge in [0.05, 0.1) is 6.61 Å². The molecule has 174 valence electrons. The van der Waals surface area contributed by atoms with Gasteiger partial charge in [-0.25, -0.2) is 0 Å². The van der Waals surface area contributed by atoms with Crippen molar-refractivity contribution in [2.45, 2.75) is 104 Å². The molecule has 0 unspecified atom stereocenters. The first-order valence-corrected chi connectivity index (χ1v) is 13.0. The molecule has 6 rings (SSSR count). The van der Waals surface area contributed by atoms with E-state index in [-0.39, 0.29) is 29.3 Å². The third kappa shape index (κ3) is 2.92. The van der Waals surface area contributed by atoms with Crippen LogP contribution in [-0.4, -0.2) is 35.0 Å². The largest absolute Gasteiger partial charge is 0.381 e. The number of hydrogen-bond acceptors (Lipinski definition) is 4. The first kappa shape index (κ1) is 22.1. The molecule has 0 aromatic rings. The minimum absolute atomic E-state index is 0.0202. The van der Waals surface area contributed by atoms with E-state index in [0.29, 0.717) is 31.3 Å². The van der Waals surface area contributed by atoms with Gasteiger partial charge in [0.25, 0.3) is 0 Å². The van der Waals surface area contributed by atoms with Gasteiger partial charge in [-0.15, -0.1) is 0 Å². The second-order valence-electron chi connectivity index (χ2n) is 12.6. The maximum Gasteiger partial charge on any atom is 0.194 e. The van der Waals surface area contributed by atoms with Gasteiger partial charge in [-0.2, -0.15) is 0 Å². The fraction of sp³-hybridized carbons (Fsp3) is 0.926. The smallest absolute Gasteiger partial charge is 0.194 e. The summed E-state index contributed by atoms with van der Waals surface area (Å²) in [6.07, 6.45) is 9.31. The average molecular weight is 431 g/mol. The monoisotopic (exact) mass is 430 g/mol. The molecule has 2 bridgehead atoms. The normalized spacial score (nSPS) is 49.7. The average Bonchev–Trinajstić information content (AvgIpc) is 3.07. The Morgan fingerprint density at radius 1 is 1.06 bits per heavy atom. The number of carbonyl (C=O) groups excluding carboxylic acids is 2. The predicted molar refractivity (Wildman–Crippen MR) is 119 cm³/mol. The van der Waals surface area contributed by atoms with Crippen LogP contribution in [0.3, 0.4) is 0 Å². The van der Waals surface area contributed by atoms with E-state index in [1.807, 2.05) is 0 Å². The summed E-state index contributed by atoms with van der Waals surface area (Å²) in [4.78, 5) is 25.8. The summed E-state index contributed by atoms with van der Waals surface area (Å²) in [6, 6.07) is 0. The summed E-state index contributed by atoms with van der Waals surface area (Å²) in [5.74, 6) is 3.19. The zero-order valence-corrected chi connectivity index (χ0v) is 20.0. The predicted octanol–water partition coefficient (Wildman–Crippen LogP) is 4.96. The molecule has 6 fully saturated rings. The maximum atomic E-state index is 13.5. The molecular formula is C27H42O4. The number of carbonyl (C=O) groups is 2. The summed E-state index contributed by atoms with van der Waals surface area (Å²) >= 11 is 0. The van der Waals surface area contributed by atoms with Crippen molar-refractivity contribution in [1.29, 1.82) is 0 Å². The second-order valence-corrected chi connectivity index (χ2v) is 12.6. The van der Waals surface area contributed by atoms with Crippen LogP contribution in [0.2, 0.25) is 0 Å². The fourth-order valence-corrected chi connectivity index (χ4v) is 9.36. The van der Waals surface area contributed by atoms with E-state index < -0.39 is 17.1 Å². The van der Waals surface area contributed by atoms with Gasteiger partial charge in [0.2, 0.25) is 0 Å². The number of ether oxygens (including phenoxy) is 1. The zero-order valence-electron chi connectivity index (χ0n) is 20.0. The first-order valence-electron chi connectivity index (χ1n) is 13.0. The van der Waals surface area contributed by atoms with Gasteiger partial charge >= 0.3 is 0 Å². The van der Waals surface area contributed by atoms with Crippen molar-refractivity contribution in [2.75, 3.05) is 6.61 Å². The highest BCUT2D eigenvalue weighted by Crippen LogP contribution is 2.70. The molecule has 4 heteroatoms. The molecule has 4 saturated carbocycles. The van der Waals surface area contributed by atoms with Crippen molar-refractivity contribution in [2.24, 2.45) is 46.3 Å².